The normalized spacial score (nSPS) is 10.7. The molecule has 2 aromatic carbocycles. The van der Waals surface area contributed by atoms with Crippen LogP contribution in [0.2, 0.25) is 0 Å². The monoisotopic (exact) mass is 389 g/mol. The van der Waals surface area contributed by atoms with E-state index in [1.165, 1.54) is 0 Å². The number of furan rings is 1. The molecule has 7 heteroatoms. The first-order valence-electron chi connectivity index (χ1n) is 9.07. The second kappa shape index (κ2) is 8.02. The first-order chi connectivity index (χ1) is 14.1. The zero-order valence-corrected chi connectivity index (χ0v) is 16.0. The largest absolute Gasteiger partial charge is 0.483 e. The average Bonchev–Trinajstić information content (AvgIpc) is 3.40. The van der Waals surface area contributed by atoms with E-state index in [1.54, 1.807) is 42.7 Å². The van der Waals surface area contributed by atoms with Crippen LogP contribution in [0.15, 0.2) is 69.7 Å². The SMILES string of the molecule is Cc1cccc(C)c1OCC(=O)Nc1ccc(-c2nnc(-c3ccco3)o2)cc1. The topological polar surface area (TPSA) is 90.4 Å². The van der Waals surface area contributed by atoms with Gasteiger partial charge in [-0.05, 0) is 61.4 Å². The quantitative estimate of drug-likeness (QED) is 0.517. The zero-order chi connectivity index (χ0) is 20.2. The molecule has 7 nitrogen and oxygen atoms in total. The lowest BCUT2D eigenvalue weighted by Gasteiger charge is -2.12. The molecule has 0 radical (unpaired) electrons. The van der Waals surface area contributed by atoms with Crippen LogP contribution < -0.4 is 10.1 Å². The third-order valence-electron chi connectivity index (χ3n) is 4.33. The van der Waals surface area contributed by atoms with Gasteiger partial charge in [0.1, 0.15) is 5.75 Å². The van der Waals surface area contributed by atoms with E-state index in [2.05, 4.69) is 15.5 Å². The van der Waals surface area contributed by atoms with Crippen molar-refractivity contribution in [1.82, 2.24) is 10.2 Å². The zero-order valence-electron chi connectivity index (χ0n) is 16.0. The predicted octanol–water partition coefficient (Wildman–Crippen LogP) is 4.63. The lowest BCUT2D eigenvalue weighted by Crippen LogP contribution is -2.20. The highest BCUT2D eigenvalue weighted by molar-refractivity contribution is 5.92. The molecule has 0 aliphatic carbocycles. The molecule has 146 valence electrons. The molecule has 0 fully saturated rings. The van der Waals surface area contributed by atoms with E-state index in [0.717, 1.165) is 22.4 Å². The maximum Gasteiger partial charge on any atom is 0.283 e. The van der Waals surface area contributed by atoms with Gasteiger partial charge in [0.15, 0.2) is 12.4 Å². The van der Waals surface area contributed by atoms with Crippen LogP contribution in [0.4, 0.5) is 5.69 Å². The van der Waals surface area contributed by atoms with Gasteiger partial charge in [-0.25, -0.2) is 0 Å². The second-order valence-electron chi connectivity index (χ2n) is 6.52. The van der Waals surface area contributed by atoms with Gasteiger partial charge < -0.3 is 18.9 Å². The minimum absolute atomic E-state index is 0.0659. The number of ether oxygens (including phenoxy) is 1. The van der Waals surface area contributed by atoms with Crippen LogP contribution in [-0.4, -0.2) is 22.7 Å². The van der Waals surface area contributed by atoms with Crippen LogP contribution in [0.1, 0.15) is 11.1 Å². The van der Waals surface area contributed by atoms with Crippen LogP contribution in [0.3, 0.4) is 0 Å². The highest BCUT2D eigenvalue weighted by Gasteiger charge is 2.13. The standard InChI is InChI=1S/C22H19N3O4/c1-14-5-3-6-15(2)20(14)28-13-19(26)23-17-10-8-16(9-11-17)21-24-25-22(29-21)18-7-4-12-27-18/h3-12H,13H2,1-2H3,(H,23,26). The molecule has 1 amide bonds. The maximum atomic E-state index is 12.2. The Balaban J connectivity index is 1.37. The smallest absolute Gasteiger partial charge is 0.283 e. The van der Waals surface area contributed by atoms with Crippen LogP contribution >= 0.6 is 0 Å². The molecule has 1 N–H and O–H groups in total. The summed E-state index contributed by atoms with van der Waals surface area (Å²) in [5, 5.41) is 10.8. The van der Waals surface area contributed by atoms with Gasteiger partial charge in [0.2, 0.25) is 5.89 Å². The summed E-state index contributed by atoms with van der Waals surface area (Å²) in [5.41, 5.74) is 3.38. The number of aryl methyl sites for hydroxylation is 2. The van der Waals surface area contributed by atoms with Crippen molar-refractivity contribution in [2.75, 3.05) is 11.9 Å². The van der Waals surface area contributed by atoms with E-state index < -0.39 is 0 Å². The number of para-hydroxylation sites is 1. The highest BCUT2D eigenvalue weighted by Crippen LogP contribution is 2.25. The molecule has 4 rings (SSSR count). The summed E-state index contributed by atoms with van der Waals surface area (Å²) in [7, 11) is 0. The molecule has 0 aliphatic rings. The van der Waals surface area contributed by atoms with Crippen molar-refractivity contribution >= 4 is 11.6 Å². The summed E-state index contributed by atoms with van der Waals surface area (Å²) >= 11 is 0. The van der Waals surface area contributed by atoms with Crippen LogP contribution in [0.25, 0.3) is 23.1 Å². The Morgan fingerprint density at radius 1 is 0.966 bits per heavy atom. The molecule has 2 heterocycles. The Morgan fingerprint density at radius 3 is 2.38 bits per heavy atom. The number of carbonyl (C=O) groups excluding carboxylic acids is 1. The van der Waals surface area contributed by atoms with Gasteiger partial charge in [-0.15, -0.1) is 10.2 Å². The molecule has 0 aliphatic heterocycles. The third kappa shape index (κ3) is 4.19. The van der Waals surface area contributed by atoms with Crippen molar-refractivity contribution in [3.63, 3.8) is 0 Å². The number of nitrogens with one attached hydrogen (secondary N) is 1. The van der Waals surface area contributed by atoms with Crippen molar-refractivity contribution in [1.29, 1.82) is 0 Å². The van der Waals surface area contributed by atoms with Crippen molar-refractivity contribution in [3.8, 4) is 28.9 Å². The summed E-state index contributed by atoms with van der Waals surface area (Å²) in [5.74, 6) is 1.69. The van der Waals surface area contributed by atoms with Gasteiger partial charge in [0, 0.05) is 11.3 Å². The second-order valence-corrected chi connectivity index (χ2v) is 6.52. The van der Waals surface area contributed by atoms with E-state index in [0.29, 0.717) is 23.2 Å². The highest BCUT2D eigenvalue weighted by atomic mass is 16.5. The first kappa shape index (κ1) is 18.5. The molecule has 2 aromatic heterocycles. The Hall–Kier alpha value is -3.87. The summed E-state index contributed by atoms with van der Waals surface area (Å²) in [6.07, 6.45) is 1.54. The van der Waals surface area contributed by atoms with Gasteiger partial charge in [-0.2, -0.15) is 0 Å². The van der Waals surface area contributed by atoms with Gasteiger partial charge in [-0.3, -0.25) is 4.79 Å². The van der Waals surface area contributed by atoms with Gasteiger partial charge >= 0.3 is 0 Å². The summed E-state index contributed by atoms with van der Waals surface area (Å²) < 4.78 is 16.5. The predicted molar refractivity (Wildman–Crippen MR) is 107 cm³/mol. The molecule has 0 unspecified atom stereocenters. The Kier molecular flexibility index (Phi) is 5.11. The molecular formula is C22H19N3O4. The molecule has 0 atom stereocenters. The molecular weight excluding hydrogens is 370 g/mol. The minimum atomic E-state index is -0.238. The number of hydrogen-bond acceptors (Lipinski definition) is 6. The first-order valence-corrected chi connectivity index (χ1v) is 9.07. The van der Waals surface area contributed by atoms with E-state index in [9.17, 15) is 4.79 Å². The van der Waals surface area contributed by atoms with Crippen LogP contribution in [0, 0.1) is 13.8 Å². The van der Waals surface area contributed by atoms with E-state index >= 15 is 0 Å². The van der Waals surface area contributed by atoms with Crippen LogP contribution in [0.5, 0.6) is 5.75 Å². The van der Waals surface area contributed by atoms with E-state index in [4.69, 9.17) is 13.6 Å². The van der Waals surface area contributed by atoms with E-state index in [-0.39, 0.29) is 12.5 Å². The number of nitrogens with zero attached hydrogens (tertiary/aromatic N) is 2. The molecule has 4 aromatic rings. The number of carbonyl (C=O) groups is 1. The van der Waals surface area contributed by atoms with E-state index in [1.807, 2.05) is 32.0 Å². The van der Waals surface area contributed by atoms with Crippen LogP contribution in [-0.2, 0) is 4.79 Å². The molecule has 0 spiro atoms. The van der Waals surface area contributed by atoms with Crippen molar-refractivity contribution in [2.24, 2.45) is 0 Å². The number of anilines is 1. The third-order valence-corrected chi connectivity index (χ3v) is 4.33. The molecule has 0 bridgehead atoms. The molecule has 0 saturated carbocycles. The molecule has 29 heavy (non-hydrogen) atoms. The fourth-order valence-electron chi connectivity index (χ4n) is 2.90. The van der Waals surface area contributed by atoms with Gasteiger partial charge in [0.05, 0.1) is 6.26 Å². The van der Waals surface area contributed by atoms with Crippen molar-refractivity contribution < 1.29 is 18.4 Å². The van der Waals surface area contributed by atoms with Gasteiger partial charge in [-0.1, -0.05) is 18.2 Å². The Bertz CT molecular complexity index is 1100. The number of hydrogen-bond donors (Lipinski definition) is 1. The summed E-state index contributed by atoms with van der Waals surface area (Å²) in [6, 6.07) is 16.5. The number of rotatable bonds is 6. The summed E-state index contributed by atoms with van der Waals surface area (Å²) in [6.45, 7) is 3.84. The van der Waals surface area contributed by atoms with Crippen molar-refractivity contribution in [2.45, 2.75) is 13.8 Å². The lowest BCUT2D eigenvalue weighted by molar-refractivity contribution is -0.118. The fraction of sp³-hybridized carbons (Fsp3) is 0.136. The Labute approximate surface area is 167 Å². The fourth-order valence-corrected chi connectivity index (χ4v) is 2.90. The van der Waals surface area contributed by atoms with Gasteiger partial charge in [0.25, 0.3) is 11.8 Å². The Morgan fingerprint density at radius 2 is 1.69 bits per heavy atom. The van der Waals surface area contributed by atoms with Crippen molar-refractivity contribution in [3.05, 3.63) is 72.0 Å². The number of amides is 1. The molecule has 0 saturated heterocycles. The number of aromatic nitrogens is 2. The summed E-state index contributed by atoms with van der Waals surface area (Å²) in [4.78, 5) is 12.2. The maximum absolute atomic E-state index is 12.2. The lowest BCUT2D eigenvalue weighted by atomic mass is 10.1. The minimum Gasteiger partial charge on any atom is -0.483 e. The average molecular weight is 389 g/mol. The number of benzene rings is 2.